The van der Waals surface area contributed by atoms with Gasteiger partial charge in [0.1, 0.15) is 0 Å². The lowest BCUT2D eigenvalue weighted by Gasteiger charge is -2.04. The topological polar surface area (TPSA) is 58.2 Å². The molecule has 0 saturated carbocycles. The minimum atomic E-state index is 0.0247. The van der Waals surface area contributed by atoms with Crippen LogP contribution in [0.5, 0.6) is 0 Å². The maximum absolute atomic E-state index is 12.8. The molecule has 0 aliphatic carbocycles. The summed E-state index contributed by atoms with van der Waals surface area (Å²) in [7, 11) is 0. The van der Waals surface area contributed by atoms with Crippen LogP contribution in [0.25, 0.3) is 19.5 Å². The predicted octanol–water partition coefficient (Wildman–Crippen LogP) is 10.6. The molecule has 2 N–H and O–H groups in total. The summed E-state index contributed by atoms with van der Waals surface area (Å²) in [6, 6.07) is 8.31. The molecule has 3 heterocycles. The maximum Gasteiger partial charge on any atom is 0.253 e. The molecular weight excluding hydrogens is 770 g/mol. The highest BCUT2D eigenvalue weighted by atomic mass is 127. The van der Waals surface area contributed by atoms with Crippen LogP contribution in [-0.2, 0) is 0 Å². The summed E-state index contributed by atoms with van der Waals surface area (Å²) in [6.45, 7) is 5.93. The number of carbonyl (C=O) groups excluding carboxylic acids is 2. The highest BCUT2D eigenvalue weighted by Gasteiger charge is 2.19. The van der Waals surface area contributed by atoms with E-state index in [9.17, 15) is 9.59 Å². The zero-order valence-electron chi connectivity index (χ0n) is 23.0. The Labute approximate surface area is 273 Å². The maximum atomic E-state index is 12.8. The van der Waals surface area contributed by atoms with Gasteiger partial charge in [-0.1, -0.05) is 78.1 Å². The molecular formula is C30H40I2N2O2S3. The zero-order valence-corrected chi connectivity index (χ0v) is 29.8. The molecule has 0 radical (unpaired) electrons. The molecule has 0 aromatic carbocycles. The van der Waals surface area contributed by atoms with E-state index < -0.39 is 0 Å². The molecule has 214 valence electrons. The Bertz CT molecular complexity index is 1100. The van der Waals surface area contributed by atoms with Crippen LogP contribution in [0.15, 0.2) is 24.3 Å². The highest BCUT2D eigenvalue weighted by Crippen LogP contribution is 2.42. The van der Waals surface area contributed by atoms with Crippen molar-refractivity contribution < 1.29 is 9.59 Å². The Morgan fingerprint density at radius 2 is 0.974 bits per heavy atom. The summed E-state index contributed by atoms with van der Waals surface area (Å²) in [5.74, 6) is 0.0494. The van der Waals surface area contributed by atoms with E-state index in [4.69, 9.17) is 0 Å². The Morgan fingerprint density at radius 3 is 1.38 bits per heavy atom. The summed E-state index contributed by atoms with van der Waals surface area (Å²) < 4.78 is 2.04. The van der Waals surface area contributed by atoms with Crippen molar-refractivity contribution in [1.82, 2.24) is 10.6 Å². The second-order valence-corrected chi connectivity index (χ2v) is 16.6. The summed E-state index contributed by atoms with van der Waals surface area (Å²) in [5, 5.41) is 6.21. The standard InChI is InChI=1S/C30H40I2N2O2S3/c1-3-5-7-9-11-13-17-33-29(35)21-19-25(38-27(21)31)23-15-16-24(37-23)26-20-22(28(32)39-26)30(36)34-18-14-12-10-8-6-4-2/h15-16,19-20H,3-14,17-18H2,1-2H3,(H,33,35)(H,34,36). The van der Waals surface area contributed by atoms with Crippen molar-refractivity contribution in [3.05, 3.63) is 41.2 Å². The fourth-order valence-electron chi connectivity index (χ4n) is 4.30. The van der Waals surface area contributed by atoms with Gasteiger partial charge in [0.05, 0.1) is 16.9 Å². The van der Waals surface area contributed by atoms with Crippen LogP contribution < -0.4 is 10.6 Å². The number of unbranched alkanes of at least 4 members (excludes halogenated alkanes) is 10. The van der Waals surface area contributed by atoms with Crippen LogP contribution in [0.2, 0.25) is 0 Å². The third-order valence-corrected chi connectivity index (χ3v) is 12.4. The van der Waals surface area contributed by atoms with Crippen LogP contribution in [0.1, 0.15) is 112 Å². The molecule has 0 atom stereocenters. The van der Waals surface area contributed by atoms with Crippen LogP contribution in [-0.4, -0.2) is 24.9 Å². The molecule has 0 spiro atoms. The van der Waals surface area contributed by atoms with Crippen molar-refractivity contribution >= 4 is 91.0 Å². The van der Waals surface area contributed by atoms with Gasteiger partial charge in [0.2, 0.25) is 0 Å². The summed E-state index contributed by atoms with van der Waals surface area (Å²) in [5.41, 5.74) is 1.54. The first-order chi connectivity index (χ1) is 18.9. The highest BCUT2D eigenvalue weighted by molar-refractivity contribution is 14.1. The first kappa shape index (κ1) is 33.0. The van der Waals surface area contributed by atoms with Crippen molar-refractivity contribution in [2.45, 2.75) is 90.9 Å². The van der Waals surface area contributed by atoms with Crippen molar-refractivity contribution in [3.8, 4) is 19.5 Å². The first-order valence-corrected chi connectivity index (χ1v) is 18.8. The predicted molar refractivity (Wildman–Crippen MR) is 188 cm³/mol. The first-order valence-electron chi connectivity index (χ1n) is 14.2. The summed E-state index contributed by atoms with van der Waals surface area (Å²) in [4.78, 5) is 30.1. The van der Waals surface area contributed by atoms with E-state index in [-0.39, 0.29) is 11.8 Å². The van der Waals surface area contributed by atoms with E-state index in [1.54, 1.807) is 34.0 Å². The quantitative estimate of drug-likeness (QED) is 0.0993. The monoisotopic (exact) mass is 810 g/mol. The molecule has 0 unspecified atom stereocenters. The van der Waals surface area contributed by atoms with E-state index in [0.29, 0.717) is 0 Å². The average Bonchev–Trinajstić information content (AvgIpc) is 3.65. The van der Waals surface area contributed by atoms with Gasteiger partial charge in [-0.3, -0.25) is 9.59 Å². The minimum Gasteiger partial charge on any atom is -0.352 e. The van der Waals surface area contributed by atoms with Crippen molar-refractivity contribution in [2.75, 3.05) is 13.1 Å². The average molecular weight is 811 g/mol. The Kier molecular flexibility index (Phi) is 15.3. The van der Waals surface area contributed by atoms with Crippen molar-refractivity contribution in [1.29, 1.82) is 0 Å². The van der Waals surface area contributed by atoms with Crippen LogP contribution in [0.3, 0.4) is 0 Å². The lowest BCUT2D eigenvalue weighted by Crippen LogP contribution is -2.24. The molecule has 0 saturated heterocycles. The van der Waals surface area contributed by atoms with E-state index >= 15 is 0 Å². The zero-order chi connectivity index (χ0) is 28.0. The molecule has 0 fully saturated rings. The van der Waals surface area contributed by atoms with E-state index in [1.165, 1.54) is 64.2 Å². The molecule has 2 amide bonds. The van der Waals surface area contributed by atoms with Gasteiger partial charge in [0.25, 0.3) is 11.8 Å². The number of halogens is 2. The number of thiophene rings is 3. The van der Waals surface area contributed by atoms with Gasteiger partial charge in [-0.2, -0.15) is 0 Å². The number of carbonyl (C=O) groups is 2. The fourth-order valence-corrected chi connectivity index (χ4v) is 9.45. The van der Waals surface area contributed by atoms with Gasteiger partial charge in [-0.15, -0.1) is 34.0 Å². The third kappa shape index (κ3) is 10.7. The Hall–Kier alpha value is -0.500. The minimum absolute atomic E-state index is 0.0247. The fraction of sp³-hybridized carbons (Fsp3) is 0.533. The lowest BCUT2D eigenvalue weighted by molar-refractivity contribution is 0.0944. The number of hydrogen-bond donors (Lipinski definition) is 2. The van der Waals surface area contributed by atoms with Crippen LogP contribution in [0.4, 0.5) is 0 Å². The number of nitrogens with one attached hydrogen (secondary N) is 2. The molecule has 0 aliphatic rings. The van der Waals surface area contributed by atoms with E-state index in [0.717, 1.165) is 62.3 Å². The number of hydrogen-bond acceptors (Lipinski definition) is 5. The normalized spacial score (nSPS) is 11.2. The lowest BCUT2D eigenvalue weighted by atomic mass is 10.1. The molecule has 3 aromatic rings. The van der Waals surface area contributed by atoms with E-state index in [1.807, 2.05) is 12.1 Å². The molecule has 4 nitrogen and oxygen atoms in total. The van der Waals surface area contributed by atoms with Gasteiger partial charge in [-0.25, -0.2) is 0 Å². The van der Waals surface area contributed by atoms with Gasteiger partial charge in [0.15, 0.2) is 0 Å². The van der Waals surface area contributed by atoms with Gasteiger partial charge in [-0.05, 0) is 82.3 Å². The second-order valence-electron chi connectivity index (χ2n) is 9.81. The molecule has 3 rings (SSSR count). The van der Waals surface area contributed by atoms with E-state index in [2.05, 4.69) is 81.8 Å². The van der Waals surface area contributed by atoms with Crippen molar-refractivity contribution in [3.63, 3.8) is 0 Å². The number of amides is 2. The van der Waals surface area contributed by atoms with Crippen molar-refractivity contribution in [2.24, 2.45) is 0 Å². The Balaban J connectivity index is 1.53. The molecule has 3 aromatic heterocycles. The summed E-state index contributed by atoms with van der Waals surface area (Å²) in [6.07, 6.45) is 14.6. The molecule has 9 heteroatoms. The summed E-state index contributed by atoms with van der Waals surface area (Å²) >= 11 is 9.60. The third-order valence-electron chi connectivity index (χ3n) is 6.59. The molecule has 0 aliphatic heterocycles. The number of rotatable bonds is 18. The van der Waals surface area contributed by atoms with Gasteiger partial charge < -0.3 is 10.6 Å². The molecule has 0 bridgehead atoms. The SMILES string of the molecule is CCCCCCCCNC(=O)c1cc(-c2ccc(-c3cc(C(=O)NCCCCCCCC)c(I)s3)s2)sc1I. The largest absolute Gasteiger partial charge is 0.352 e. The van der Waals surface area contributed by atoms with Gasteiger partial charge >= 0.3 is 0 Å². The second kappa shape index (κ2) is 18.1. The van der Waals surface area contributed by atoms with Crippen LogP contribution in [0, 0.1) is 5.77 Å². The smallest absolute Gasteiger partial charge is 0.253 e. The van der Waals surface area contributed by atoms with Crippen LogP contribution >= 0.6 is 79.2 Å². The molecule has 39 heavy (non-hydrogen) atoms. The van der Waals surface area contributed by atoms with Gasteiger partial charge in [0, 0.05) is 32.6 Å². The Morgan fingerprint density at radius 1 is 0.590 bits per heavy atom.